The zero-order valence-corrected chi connectivity index (χ0v) is 42.8. The highest BCUT2D eigenvalue weighted by atomic mass is 16.5. The van der Waals surface area contributed by atoms with Gasteiger partial charge >= 0.3 is 11.9 Å². The van der Waals surface area contributed by atoms with Crippen LogP contribution < -0.4 is 41.4 Å². The van der Waals surface area contributed by atoms with Crippen LogP contribution in [0.15, 0.2) is 36.4 Å². The maximum atomic E-state index is 13.3. The molecule has 0 radical (unpaired) electrons. The number of esters is 2. The minimum atomic E-state index is -1.36. The Hall–Kier alpha value is -6.02. The van der Waals surface area contributed by atoms with Crippen LogP contribution in [0.2, 0.25) is 0 Å². The smallest absolute Gasteiger partial charge is 0.328 e. The van der Waals surface area contributed by atoms with Crippen LogP contribution in [0.25, 0.3) is 10.8 Å². The average molecular weight is 987 g/mol. The normalized spacial score (nSPS) is 14.8. The summed E-state index contributed by atoms with van der Waals surface area (Å²) in [6.45, 7) is 17.4. The molecule has 0 spiro atoms. The third kappa shape index (κ3) is 20.5. The second-order valence-corrected chi connectivity index (χ2v) is 19.0. The molecule has 8 N–H and O–H groups in total. The van der Waals surface area contributed by atoms with Crippen molar-refractivity contribution in [1.82, 2.24) is 31.9 Å². The van der Waals surface area contributed by atoms with Gasteiger partial charge in [0.1, 0.15) is 47.8 Å². The fourth-order valence-corrected chi connectivity index (χ4v) is 7.22. The molecule has 0 fully saturated rings. The standard InChI is InChI=1S/C50H78N6O14/c1-27(2)23-37(45(61)55-41(29(5)6)49(65)67-11)51-47(63)43(31(9)57)53-39(59)15-13-21-69-35-19-17-33-18-20-36(26-34(33)25-35)70-22-14-16-40(60)54-44(32(10)58)48(64)52-38(24-28(3)4)46(62)56-42(30(7)8)50(66)68-12/h17-20,25-32,37-38,41-44,57-58H,13-16,21-24H2,1-12H3,(H,51,63)(H,52,64)(H,53,59)(H,54,60)(H,55,61)(H,56,62)/t31?,32?,37?,38?,41-,42-,43?,44?/m0/s1. The number of aliphatic hydroxyl groups is 2. The minimum absolute atomic E-state index is 0.0231. The molecular weight excluding hydrogens is 909 g/mol. The molecular formula is C50H78N6O14. The van der Waals surface area contributed by atoms with Crippen molar-refractivity contribution in [3.8, 4) is 11.5 Å². The predicted octanol–water partition coefficient (Wildman–Crippen LogP) is 2.58. The highest BCUT2D eigenvalue weighted by Crippen LogP contribution is 2.26. The first kappa shape index (κ1) is 60.1. The number of benzene rings is 2. The van der Waals surface area contributed by atoms with Gasteiger partial charge < -0.3 is 61.1 Å². The number of hydrogen-bond acceptors (Lipinski definition) is 14. The lowest BCUT2D eigenvalue weighted by atomic mass is 10.00. The van der Waals surface area contributed by atoms with E-state index < -0.39 is 95.8 Å². The zero-order chi connectivity index (χ0) is 52.8. The molecule has 2 aromatic carbocycles. The molecule has 0 heterocycles. The van der Waals surface area contributed by atoms with E-state index in [1.807, 2.05) is 39.8 Å². The molecule has 0 aliphatic carbocycles. The van der Waals surface area contributed by atoms with Gasteiger partial charge in [0.2, 0.25) is 35.4 Å². The third-order valence-electron chi connectivity index (χ3n) is 11.1. The van der Waals surface area contributed by atoms with Crippen LogP contribution >= 0.6 is 0 Å². The summed E-state index contributed by atoms with van der Waals surface area (Å²) in [5.41, 5.74) is 0. The largest absolute Gasteiger partial charge is 0.494 e. The van der Waals surface area contributed by atoms with Gasteiger partial charge in [-0.3, -0.25) is 28.8 Å². The lowest BCUT2D eigenvalue weighted by Gasteiger charge is -2.27. The number of carbonyl (C=O) groups is 8. The SMILES string of the molecule is COC(=O)[C@@H](NC(=O)C(CC(C)C)NC(=O)C(NC(=O)CCCOc1ccc2ccc(OCCCC(=O)NC(C(=O)NC(CC(C)C)C(=O)N[C@H](C(=O)OC)C(C)C)C(C)O)cc2c1)C(C)O)C(C)C. The van der Waals surface area contributed by atoms with Crippen molar-refractivity contribution in [3.05, 3.63) is 36.4 Å². The highest BCUT2D eigenvalue weighted by molar-refractivity contribution is 5.95. The van der Waals surface area contributed by atoms with Crippen molar-refractivity contribution in [2.24, 2.45) is 23.7 Å². The van der Waals surface area contributed by atoms with Crippen LogP contribution in [0, 0.1) is 23.7 Å². The summed E-state index contributed by atoms with van der Waals surface area (Å²) in [5.74, 6) is -4.56. The number of ether oxygens (including phenoxy) is 4. The van der Waals surface area contributed by atoms with Crippen LogP contribution in [0.4, 0.5) is 0 Å². The zero-order valence-electron chi connectivity index (χ0n) is 42.8. The molecule has 6 amide bonds. The fraction of sp³-hybridized carbons (Fsp3) is 0.640. The molecule has 0 aliphatic rings. The second kappa shape index (κ2) is 29.9. The Balaban J connectivity index is 1.94. The molecule has 0 bridgehead atoms. The molecule has 0 aliphatic heterocycles. The number of amides is 6. The Bertz CT molecular complexity index is 1920. The molecule has 6 unspecified atom stereocenters. The Morgan fingerprint density at radius 2 is 0.829 bits per heavy atom. The number of rotatable bonds is 30. The van der Waals surface area contributed by atoms with Crippen molar-refractivity contribution in [3.63, 3.8) is 0 Å². The number of nitrogens with one attached hydrogen (secondary N) is 6. The van der Waals surface area contributed by atoms with Gasteiger partial charge in [-0.15, -0.1) is 0 Å². The molecule has 2 rings (SSSR count). The number of fused-ring (bicyclic) bond motifs is 1. The first-order valence-corrected chi connectivity index (χ1v) is 24.0. The van der Waals surface area contributed by atoms with E-state index in [0.29, 0.717) is 11.5 Å². The van der Waals surface area contributed by atoms with Crippen LogP contribution in [0.5, 0.6) is 11.5 Å². The van der Waals surface area contributed by atoms with E-state index >= 15 is 0 Å². The van der Waals surface area contributed by atoms with E-state index in [9.17, 15) is 48.6 Å². The molecule has 2 aromatic rings. The van der Waals surface area contributed by atoms with Crippen LogP contribution in [0.1, 0.15) is 108 Å². The lowest BCUT2D eigenvalue weighted by Crippen LogP contribution is -2.59. The molecule has 0 saturated heterocycles. The van der Waals surface area contributed by atoms with Gasteiger partial charge in [0, 0.05) is 12.8 Å². The highest BCUT2D eigenvalue weighted by Gasteiger charge is 2.35. The van der Waals surface area contributed by atoms with Gasteiger partial charge in [0.05, 0.1) is 39.6 Å². The average Bonchev–Trinajstić information content (AvgIpc) is 3.28. The molecule has 70 heavy (non-hydrogen) atoms. The lowest BCUT2D eigenvalue weighted by molar-refractivity contribution is -0.147. The summed E-state index contributed by atoms with van der Waals surface area (Å²) < 4.78 is 21.5. The Morgan fingerprint density at radius 1 is 0.471 bits per heavy atom. The van der Waals surface area contributed by atoms with Gasteiger partial charge in [-0.05, 0) is 98.2 Å². The minimum Gasteiger partial charge on any atom is -0.494 e. The van der Waals surface area contributed by atoms with Gasteiger partial charge in [0.15, 0.2) is 0 Å². The molecule has 392 valence electrons. The van der Waals surface area contributed by atoms with Gasteiger partial charge in [0.25, 0.3) is 0 Å². The quantitative estimate of drug-likeness (QED) is 0.0413. The first-order valence-electron chi connectivity index (χ1n) is 24.0. The van der Waals surface area contributed by atoms with Crippen molar-refractivity contribution >= 4 is 58.2 Å². The first-order chi connectivity index (χ1) is 32.9. The topological polar surface area (TPSA) is 286 Å². The Labute approximate surface area is 411 Å². The fourth-order valence-electron chi connectivity index (χ4n) is 7.22. The van der Waals surface area contributed by atoms with E-state index in [0.717, 1.165) is 10.8 Å². The molecule has 0 saturated carbocycles. The van der Waals surface area contributed by atoms with Gasteiger partial charge in [-0.2, -0.15) is 0 Å². The third-order valence-corrected chi connectivity index (χ3v) is 11.1. The van der Waals surface area contributed by atoms with E-state index in [4.69, 9.17) is 18.9 Å². The van der Waals surface area contributed by atoms with Gasteiger partial charge in [-0.1, -0.05) is 67.5 Å². The summed E-state index contributed by atoms with van der Waals surface area (Å²) in [5, 5.41) is 38.2. The number of carbonyl (C=O) groups excluding carboxylic acids is 8. The van der Waals surface area contributed by atoms with E-state index in [1.165, 1.54) is 28.1 Å². The van der Waals surface area contributed by atoms with Crippen molar-refractivity contribution in [2.75, 3.05) is 27.4 Å². The van der Waals surface area contributed by atoms with Crippen LogP contribution in [-0.4, -0.2) is 133 Å². The number of hydrogen-bond donors (Lipinski definition) is 8. The summed E-state index contributed by atoms with van der Waals surface area (Å²) in [4.78, 5) is 103. The van der Waals surface area contributed by atoms with E-state index in [2.05, 4.69) is 31.9 Å². The van der Waals surface area contributed by atoms with Crippen molar-refractivity contribution in [1.29, 1.82) is 0 Å². The summed E-state index contributed by atoms with van der Waals surface area (Å²) >= 11 is 0. The molecule has 20 nitrogen and oxygen atoms in total. The summed E-state index contributed by atoms with van der Waals surface area (Å²) in [6.07, 6.45) is -1.65. The second-order valence-electron chi connectivity index (χ2n) is 19.0. The molecule has 8 atom stereocenters. The van der Waals surface area contributed by atoms with E-state index in [1.54, 1.807) is 52.0 Å². The van der Waals surface area contributed by atoms with Gasteiger partial charge in [-0.25, -0.2) is 9.59 Å². The Morgan fingerprint density at radius 3 is 1.13 bits per heavy atom. The van der Waals surface area contributed by atoms with E-state index in [-0.39, 0.29) is 75.4 Å². The molecule has 20 heteroatoms. The maximum Gasteiger partial charge on any atom is 0.328 e. The van der Waals surface area contributed by atoms with Crippen LogP contribution in [-0.2, 0) is 47.8 Å². The summed E-state index contributed by atoms with van der Waals surface area (Å²) in [6, 6.07) is 4.20. The van der Waals surface area contributed by atoms with Crippen molar-refractivity contribution in [2.45, 2.75) is 156 Å². The Kier molecular flexibility index (Phi) is 25.7. The number of aliphatic hydroxyl groups excluding tert-OH is 2. The molecule has 0 aromatic heterocycles. The number of methoxy groups -OCH3 is 2. The van der Waals surface area contributed by atoms with Crippen LogP contribution in [0.3, 0.4) is 0 Å². The monoisotopic (exact) mass is 987 g/mol. The summed E-state index contributed by atoms with van der Waals surface area (Å²) in [7, 11) is 2.43. The predicted molar refractivity (Wildman–Crippen MR) is 261 cm³/mol. The maximum absolute atomic E-state index is 13.3. The van der Waals surface area contributed by atoms with Crippen molar-refractivity contribution < 1.29 is 67.5 Å².